The Bertz CT molecular complexity index is 1090. The van der Waals surface area contributed by atoms with Gasteiger partial charge in [-0.05, 0) is 55.1 Å². The van der Waals surface area contributed by atoms with Crippen molar-refractivity contribution in [3.63, 3.8) is 0 Å². The maximum absolute atomic E-state index is 12.8. The van der Waals surface area contributed by atoms with Gasteiger partial charge in [0.05, 0.1) is 13.2 Å². The first-order valence-electron chi connectivity index (χ1n) is 10.8. The molecule has 8 heteroatoms. The quantitative estimate of drug-likeness (QED) is 0.539. The lowest BCUT2D eigenvalue weighted by atomic mass is 10.0. The third-order valence-electron chi connectivity index (χ3n) is 5.83. The predicted molar refractivity (Wildman–Crippen MR) is 123 cm³/mol. The van der Waals surface area contributed by atoms with Gasteiger partial charge in [-0.15, -0.1) is 4.72 Å². The smallest absolute Gasteiger partial charge is 0.240 e. The Morgan fingerprint density at radius 3 is 2.69 bits per heavy atom. The molecule has 1 aliphatic heterocycles. The van der Waals surface area contributed by atoms with Gasteiger partial charge in [0.1, 0.15) is 11.4 Å². The number of aryl methyl sites for hydroxylation is 2. The zero-order chi connectivity index (χ0) is 22.7. The van der Waals surface area contributed by atoms with Crippen LogP contribution in [-0.4, -0.2) is 40.9 Å². The van der Waals surface area contributed by atoms with Crippen LogP contribution in [0.5, 0.6) is 5.75 Å². The Morgan fingerprint density at radius 1 is 1.22 bits per heavy atom. The van der Waals surface area contributed by atoms with E-state index in [-0.39, 0.29) is 10.9 Å². The number of hydrogen-bond acceptors (Lipinski definition) is 6. The minimum absolute atomic E-state index is 0.140. The van der Waals surface area contributed by atoms with Gasteiger partial charge in [0.15, 0.2) is 16.2 Å². The van der Waals surface area contributed by atoms with Gasteiger partial charge in [0.25, 0.3) is 0 Å². The first-order valence-corrected chi connectivity index (χ1v) is 12.2. The zero-order valence-electron chi connectivity index (χ0n) is 18.7. The van der Waals surface area contributed by atoms with Gasteiger partial charge < -0.3 is 13.8 Å². The third-order valence-corrected chi connectivity index (χ3v) is 7.59. The van der Waals surface area contributed by atoms with Crippen molar-refractivity contribution in [2.45, 2.75) is 44.2 Å². The average molecular weight is 456 g/mol. The van der Waals surface area contributed by atoms with Crippen LogP contribution in [-0.2, 0) is 21.2 Å². The minimum atomic E-state index is -3.66. The molecule has 1 N–H and O–H groups in total. The fourth-order valence-corrected chi connectivity index (χ4v) is 5.89. The van der Waals surface area contributed by atoms with Crippen LogP contribution in [0.15, 0.2) is 57.9 Å². The van der Waals surface area contributed by atoms with Crippen LogP contribution in [0.25, 0.3) is 11.1 Å². The van der Waals surface area contributed by atoms with Crippen molar-refractivity contribution in [2.75, 3.05) is 20.2 Å². The number of benzene rings is 2. The largest absolute Gasteiger partial charge is 0.593 e. The van der Waals surface area contributed by atoms with Gasteiger partial charge in [-0.2, -0.15) is 0 Å². The molecule has 0 bridgehead atoms. The Kier molecular flexibility index (Phi) is 6.76. The van der Waals surface area contributed by atoms with Crippen molar-refractivity contribution in [2.24, 2.45) is 0 Å². The number of rotatable bonds is 7. The topological polar surface area (TPSA) is 90.7 Å². The molecule has 0 spiro atoms. The highest BCUT2D eigenvalue weighted by atomic mass is 32.3. The molecule has 1 saturated heterocycles. The number of piperidine rings is 1. The Hall–Kier alpha value is -2.52. The molecule has 32 heavy (non-hydrogen) atoms. The van der Waals surface area contributed by atoms with E-state index in [9.17, 15) is 8.76 Å². The van der Waals surface area contributed by atoms with Crippen molar-refractivity contribution >= 4 is 10.4 Å². The van der Waals surface area contributed by atoms with Gasteiger partial charge >= 0.3 is 0 Å². The molecule has 3 aromatic rings. The van der Waals surface area contributed by atoms with E-state index in [4.69, 9.17) is 9.26 Å². The summed E-state index contributed by atoms with van der Waals surface area (Å²) in [5, 5.41) is 3.77. The second-order valence-electron chi connectivity index (χ2n) is 8.28. The predicted octanol–water partition coefficient (Wildman–Crippen LogP) is 4.13. The lowest BCUT2D eigenvalue weighted by molar-refractivity contribution is 0.193. The van der Waals surface area contributed by atoms with E-state index in [0.29, 0.717) is 18.0 Å². The summed E-state index contributed by atoms with van der Waals surface area (Å²) in [7, 11) is -1.99. The van der Waals surface area contributed by atoms with E-state index < -0.39 is 10.4 Å². The van der Waals surface area contributed by atoms with Crippen molar-refractivity contribution in [1.82, 2.24) is 14.8 Å². The number of ether oxygens (including phenoxy) is 1. The lowest BCUT2D eigenvalue weighted by Gasteiger charge is -2.33. The van der Waals surface area contributed by atoms with Crippen molar-refractivity contribution in [3.05, 3.63) is 65.5 Å². The molecule has 4 rings (SSSR count). The second kappa shape index (κ2) is 9.54. The number of methoxy groups -OCH3 is 1. The highest BCUT2D eigenvalue weighted by Gasteiger charge is 2.34. The lowest BCUT2D eigenvalue weighted by Crippen LogP contribution is -2.49. The van der Waals surface area contributed by atoms with Crippen LogP contribution in [0.1, 0.15) is 29.9 Å². The number of nitrogens with one attached hydrogen (secondary N) is 1. The summed E-state index contributed by atoms with van der Waals surface area (Å²) < 4.78 is 38.9. The van der Waals surface area contributed by atoms with E-state index in [0.717, 1.165) is 42.8 Å². The van der Waals surface area contributed by atoms with Crippen LogP contribution < -0.4 is 9.46 Å². The van der Waals surface area contributed by atoms with Gasteiger partial charge in [-0.25, -0.2) is 0 Å². The second-order valence-corrected chi connectivity index (χ2v) is 9.93. The summed E-state index contributed by atoms with van der Waals surface area (Å²) in [6.45, 7) is 5.66. The van der Waals surface area contributed by atoms with E-state index in [1.807, 2.05) is 18.2 Å². The molecule has 2 unspecified atom stereocenters. The molecule has 1 aliphatic rings. The Morgan fingerprint density at radius 2 is 2.00 bits per heavy atom. The highest BCUT2D eigenvalue weighted by Crippen LogP contribution is 2.26. The van der Waals surface area contributed by atoms with Crippen molar-refractivity contribution in [3.8, 4) is 16.9 Å². The first-order chi connectivity index (χ1) is 15.4. The Balaban J connectivity index is 1.39. The summed E-state index contributed by atoms with van der Waals surface area (Å²) in [6.07, 6.45) is 1.75. The molecule has 170 valence electrons. The Labute approximate surface area is 190 Å². The van der Waals surface area contributed by atoms with Crippen molar-refractivity contribution in [1.29, 1.82) is 0 Å². The SMILES string of the molecule is COc1cccc(-c2ccc(CN3CCCC(N[S+](=O)([O-])c4c(C)noc4C)C3)cc2)c1. The van der Waals surface area contributed by atoms with Gasteiger partial charge in [-0.1, -0.05) is 45.8 Å². The van der Waals surface area contributed by atoms with Crippen molar-refractivity contribution < 1.29 is 18.0 Å². The highest BCUT2D eigenvalue weighted by molar-refractivity contribution is 7.95. The summed E-state index contributed by atoms with van der Waals surface area (Å²) in [5.41, 5.74) is 3.84. The number of hydrogen-bond donors (Lipinski definition) is 1. The average Bonchev–Trinajstić information content (AvgIpc) is 3.13. The molecule has 0 saturated carbocycles. The molecule has 1 fully saturated rings. The van der Waals surface area contributed by atoms with E-state index in [1.54, 1.807) is 21.0 Å². The van der Waals surface area contributed by atoms with E-state index in [2.05, 4.69) is 45.1 Å². The summed E-state index contributed by atoms with van der Waals surface area (Å²) in [5.74, 6) is 1.16. The standard InChI is InChI=1S/C24H29N3O4S/c1-17-24(18(2)31-25-17)32(28,29)26-22-7-5-13-27(16-22)15-19-9-11-20(12-10-19)21-6-4-8-23(14-21)30-3/h4,6,8-12,14,22H,5,7,13,15-16H2,1-3H3,(H-,26,28,29). The van der Waals surface area contributed by atoms with Gasteiger partial charge in [0.2, 0.25) is 4.90 Å². The number of likely N-dealkylation sites (tertiary alicyclic amines) is 1. The normalized spacial score (nSPS) is 18.9. The van der Waals surface area contributed by atoms with Crippen LogP contribution in [0, 0.1) is 13.8 Å². The number of aromatic nitrogens is 1. The first kappa shape index (κ1) is 22.7. The summed E-state index contributed by atoms with van der Waals surface area (Å²) in [4.78, 5) is 2.45. The molecule has 2 aromatic carbocycles. The number of nitrogens with zero attached hydrogens (tertiary/aromatic N) is 2. The maximum Gasteiger partial charge on any atom is 0.240 e. The third kappa shape index (κ3) is 5.10. The van der Waals surface area contributed by atoms with E-state index >= 15 is 0 Å². The van der Waals surface area contributed by atoms with Crippen LogP contribution in [0.2, 0.25) is 0 Å². The fourth-order valence-electron chi connectivity index (χ4n) is 4.30. The molecule has 0 radical (unpaired) electrons. The molecule has 0 aliphatic carbocycles. The molecular formula is C24H29N3O4S. The summed E-state index contributed by atoms with van der Waals surface area (Å²) in [6, 6.07) is 16.4. The van der Waals surface area contributed by atoms with Crippen LogP contribution in [0.4, 0.5) is 0 Å². The fraction of sp³-hybridized carbons (Fsp3) is 0.375. The molecule has 0 amide bonds. The number of sulfonamides is 1. The maximum atomic E-state index is 12.8. The van der Waals surface area contributed by atoms with Crippen LogP contribution >= 0.6 is 0 Å². The van der Waals surface area contributed by atoms with E-state index in [1.165, 1.54) is 5.56 Å². The molecule has 2 heterocycles. The molecule has 2 atom stereocenters. The van der Waals surface area contributed by atoms with Crippen LogP contribution in [0.3, 0.4) is 0 Å². The molecule has 7 nitrogen and oxygen atoms in total. The summed E-state index contributed by atoms with van der Waals surface area (Å²) >= 11 is 0. The minimum Gasteiger partial charge on any atom is -0.593 e. The van der Waals surface area contributed by atoms with Gasteiger partial charge in [0, 0.05) is 20.0 Å². The zero-order valence-corrected chi connectivity index (χ0v) is 19.5. The monoisotopic (exact) mass is 455 g/mol. The molecular weight excluding hydrogens is 426 g/mol. The molecule has 1 aromatic heterocycles. The van der Waals surface area contributed by atoms with Gasteiger partial charge in [-0.3, -0.25) is 4.90 Å².